The van der Waals surface area contributed by atoms with Crippen molar-refractivity contribution in [1.82, 2.24) is 5.32 Å². The second-order valence-electron chi connectivity index (χ2n) is 6.95. The lowest BCUT2D eigenvalue weighted by atomic mass is 10.0. The highest BCUT2D eigenvalue weighted by Gasteiger charge is 2.23. The topological polar surface area (TPSA) is 84.9 Å². The molecule has 1 rings (SSSR count). The first-order chi connectivity index (χ1) is 12.2. The number of aryl methyl sites for hydroxylation is 1. The average molecular weight is 477 g/mol. The summed E-state index contributed by atoms with van der Waals surface area (Å²) in [6.07, 6.45) is 0.952. The van der Waals surface area contributed by atoms with E-state index >= 15 is 0 Å². The van der Waals surface area contributed by atoms with Crippen LogP contribution in [-0.4, -0.2) is 46.5 Å². The third-order valence-electron chi connectivity index (χ3n) is 3.46. The second-order valence-corrected chi connectivity index (χ2v) is 8.03. The summed E-state index contributed by atoms with van der Waals surface area (Å²) in [6.45, 7) is 6.62. The smallest absolute Gasteiger partial charge is 0.408 e. The molecule has 2 N–H and O–H groups in total. The quantitative estimate of drug-likeness (QED) is 0.306. The van der Waals surface area contributed by atoms with Crippen molar-refractivity contribution in [2.75, 3.05) is 17.6 Å². The number of benzene rings is 1. The summed E-state index contributed by atoms with van der Waals surface area (Å²) < 4.78 is 11.6. The molecule has 1 atom stereocenters. The first-order valence-electron chi connectivity index (χ1n) is 8.65. The number of carbonyl (C=O) groups is 2. The predicted molar refractivity (Wildman–Crippen MR) is 109 cm³/mol. The van der Waals surface area contributed by atoms with Crippen LogP contribution in [-0.2, 0) is 27.1 Å². The third-order valence-corrected chi connectivity index (χ3v) is 3.90. The number of carbonyl (C=O) groups excluding carboxylic acids is 1. The zero-order valence-electron chi connectivity index (χ0n) is 15.6. The van der Waals surface area contributed by atoms with E-state index in [4.69, 9.17) is 9.47 Å². The largest absolute Gasteiger partial charge is 0.480 e. The van der Waals surface area contributed by atoms with Gasteiger partial charge in [0.25, 0.3) is 0 Å². The molecule has 26 heavy (non-hydrogen) atoms. The fraction of sp³-hybridized carbons (Fsp3) is 0.579. The number of nitrogens with one attached hydrogen (secondary N) is 1. The van der Waals surface area contributed by atoms with E-state index in [-0.39, 0.29) is 0 Å². The second kappa shape index (κ2) is 11.4. The predicted octanol–water partition coefficient (Wildman–Crippen LogP) is 3.59. The van der Waals surface area contributed by atoms with Gasteiger partial charge in [0.1, 0.15) is 11.6 Å². The molecule has 0 fully saturated rings. The molecule has 0 aliphatic heterocycles. The Morgan fingerprint density at radius 1 is 1.19 bits per heavy atom. The number of alkyl halides is 1. The molecule has 0 aliphatic rings. The van der Waals surface area contributed by atoms with E-state index in [1.54, 1.807) is 20.8 Å². The lowest BCUT2D eigenvalue weighted by Gasteiger charge is -2.22. The molecular weight excluding hydrogens is 449 g/mol. The van der Waals surface area contributed by atoms with Crippen LogP contribution in [0.1, 0.15) is 38.3 Å². The van der Waals surface area contributed by atoms with E-state index < -0.39 is 23.7 Å². The van der Waals surface area contributed by atoms with Gasteiger partial charge in [-0.2, -0.15) is 0 Å². The summed E-state index contributed by atoms with van der Waals surface area (Å²) in [7, 11) is 0. The Hall–Kier alpha value is -1.35. The molecule has 0 saturated carbocycles. The Morgan fingerprint density at radius 2 is 1.85 bits per heavy atom. The number of halogens is 1. The maximum Gasteiger partial charge on any atom is 0.408 e. The van der Waals surface area contributed by atoms with Gasteiger partial charge in [-0.25, -0.2) is 9.59 Å². The zero-order chi connectivity index (χ0) is 19.6. The minimum absolute atomic E-state index is 0.295. The molecule has 0 aromatic heterocycles. The van der Waals surface area contributed by atoms with Crippen LogP contribution in [0, 0.1) is 0 Å². The van der Waals surface area contributed by atoms with Gasteiger partial charge >= 0.3 is 12.1 Å². The van der Waals surface area contributed by atoms with E-state index in [2.05, 4.69) is 34.0 Å². The molecule has 1 amide bonds. The molecule has 1 aromatic carbocycles. The number of aliphatic carboxylic acids is 1. The van der Waals surface area contributed by atoms with Crippen LogP contribution in [0.2, 0.25) is 0 Å². The summed E-state index contributed by atoms with van der Waals surface area (Å²) in [5.74, 6) is -1.07. The first kappa shape index (κ1) is 22.7. The van der Waals surface area contributed by atoms with E-state index in [0.717, 1.165) is 28.6 Å². The summed E-state index contributed by atoms with van der Waals surface area (Å²) in [4.78, 5) is 23.2. The van der Waals surface area contributed by atoms with E-state index in [0.29, 0.717) is 19.4 Å². The monoisotopic (exact) mass is 477 g/mol. The average Bonchev–Trinajstić information content (AvgIpc) is 2.54. The summed E-state index contributed by atoms with van der Waals surface area (Å²) in [5, 5.41) is 11.8. The van der Waals surface area contributed by atoms with Crippen LogP contribution in [0.25, 0.3) is 0 Å². The minimum atomic E-state index is -1.07. The normalized spacial score (nSPS) is 12.5. The van der Waals surface area contributed by atoms with Crippen molar-refractivity contribution >= 4 is 34.7 Å². The highest BCUT2D eigenvalue weighted by Crippen LogP contribution is 2.11. The van der Waals surface area contributed by atoms with Gasteiger partial charge in [0.15, 0.2) is 0 Å². The number of hydrogen-bond donors (Lipinski definition) is 2. The van der Waals surface area contributed by atoms with Crippen molar-refractivity contribution in [3.63, 3.8) is 0 Å². The molecule has 1 aromatic rings. The lowest BCUT2D eigenvalue weighted by Crippen LogP contribution is -2.43. The highest BCUT2D eigenvalue weighted by molar-refractivity contribution is 14.1. The van der Waals surface area contributed by atoms with Gasteiger partial charge in [0, 0.05) is 4.43 Å². The molecule has 0 radical (unpaired) electrons. The van der Waals surface area contributed by atoms with Crippen LogP contribution >= 0.6 is 22.6 Å². The Morgan fingerprint density at radius 3 is 2.42 bits per heavy atom. The fourth-order valence-electron chi connectivity index (χ4n) is 2.31. The highest BCUT2D eigenvalue weighted by atomic mass is 127. The molecular formula is C19H28INO5. The standard InChI is InChI=1S/C19H28INO5/c1-19(2,3)26-18(24)21-16(17(22)23)8-7-14-5-4-6-15(13-14)9-11-25-12-10-20/h4-6,13,16H,7-12H2,1-3H3,(H,21,24)(H,22,23)/t16-/m1/s1. The van der Waals surface area contributed by atoms with Crippen molar-refractivity contribution in [2.24, 2.45) is 0 Å². The summed E-state index contributed by atoms with van der Waals surface area (Å²) in [5.41, 5.74) is 1.53. The van der Waals surface area contributed by atoms with Crippen LogP contribution in [0.5, 0.6) is 0 Å². The molecule has 0 heterocycles. The first-order valence-corrected chi connectivity index (χ1v) is 10.2. The number of rotatable bonds is 10. The molecule has 0 bridgehead atoms. The fourth-order valence-corrected chi connectivity index (χ4v) is 2.62. The van der Waals surface area contributed by atoms with E-state index in [1.165, 1.54) is 0 Å². The summed E-state index contributed by atoms with van der Waals surface area (Å²) in [6, 6.07) is 7.02. The SMILES string of the molecule is CC(C)(C)OC(=O)N[C@H](CCc1cccc(CCOCCI)c1)C(=O)O. The van der Waals surface area contributed by atoms with E-state index in [9.17, 15) is 14.7 Å². The number of ether oxygens (including phenoxy) is 2. The molecule has 0 spiro atoms. The molecule has 0 saturated heterocycles. The Kier molecular flexibility index (Phi) is 9.93. The van der Waals surface area contributed by atoms with Crippen molar-refractivity contribution in [2.45, 2.75) is 51.7 Å². The van der Waals surface area contributed by atoms with Crippen molar-refractivity contribution in [3.8, 4) is 0 Å². The van der Waals surface area contributed by atoms with Gasteiger partial charge in [0.2, 0.25) is 0 Å². The van der Waals surface area contributed by atoms with Crippen molar-refractivity contribution < 1.29 is 24.2 Å². The Balaban J connectivity index is 2.55. The number of amides is 1. The van der Waals surface area contributed by atoms with Crippen LogP contribution in [0.3, 0.4) is 0 Å². The van der Waals surface area contributed by atoms with Crippen LogP contribution < -0.4 is 5.32 Å². The van der Waals surface area contributed by atoms with Gasteiger partial charge in [-0.15, -0.1) is 0 Å². The van der Waals surface area contributed by atoms with Crippen LogP contribution in [0.4, 0.5) is 4.79 Å². The lowest BCUT2D eigenvalue weighted by molar-refractivity contribution is -0.139. The Labute approximate surface area is 168 Å². The third kappa shape index (κ3) is 9.96. The number of hydrogen-bond acceptors (Lipinski definition) is 4. The maximum absolute atomic E-state index is 11.8. The van der Waals surface area contributed by atoms with Gasteiger partial charge in [0.05, 0.1) is 13.2 Å². The van der Waals surface area contributed by atoms with Crippen molar-refractivity contribution in [1.29, 1.82) is 0 Å². The van der Waals surface area contributed by atoms with Gasteiger partial charge < -0.3 is 19.9 Å². The Bertz CT molecular complexity index is 586. The molecule has 0 aliphatic carbocycles. The molecule has 0 unspecified atom stereocenters. The minimum Gasteiger partial charge on any atom is -0.480 e. The van der Waals surface area contributed by atoms with Gasteiger partial charge in [-0.1, -0.05) is 46.9 Å². The summed E-state index contributed by atoms with van der Waals surface area (Å²) >= 11 is 2.27. The molecule has 6 nitrogen and oxygen atoms in total. The number of carboxylic acids is 1. The van der Waals surface area contributed by atoms with Crippen molar-refractivity contribution in [3.05, 3.63) is 35.4 Å². The maximum atomic E-state index is 11.8. The van der Waals surface area contributed by atoms with Gasteiger partial charge in [-0.3, -0.25) is 0 Å². The number of alkyl carbamates (subject to hydrolysis) is 1. The van der Waals surface area contributed by atoms with Crippen LogP contribution in [0.15, 0.2) is 24.3 Å². The number of carboxylic acid groups (broad SMARTS) is 1. The van der Waals surface area contributed by atoms with E-state index in [1.807, 2.05) is 18.2 Å². The molecule has 7 heteroatoms. The molecule has 146 valence electrons. The zero-order valence-corrected chi connectivity index (χ0v) is 17.7. The van der Waals surface area contributed by atoms with Gasteiger partial charge in [-0.05, 0) is 51.2 Å².